The van der Waals surface area contributed by atoms with Gasteiger partial charge in [-0.05, 0) is 51.8 Å². The van der Waals surface area contributed by atoms with Crippen LogP contribution in [0.5, 0.6) is 0 Å². The maximum Gasteiger partial charge on any atom is 0.277 e. The smallest absolute Gasteiger partial charge is 0.277 e. The summed E-state index contributed by atoms with van der Waals surface area (Å²) in [5.41, 5.74) is 2.48. The highest BCUT2D eigenvalue weighted by Gasteiger charge is 2.25. The molecule has 1 N–H and O–H groups in total. The second kappa shape index (κ2) is 6.88. The highest BCUT2D eigenvalue weighted by Crippen LogP contribution is 2.33. The van der Waals surface area contributed by atoms with Crippen molar-refractivity contribution < 1.29 is 9.72 Å². The molecule has 0 saturated carbocycles. The van der Waals surface area contributed by atoms with Gasteiger partial charge in [0.25, 0.3) is 11.2 Å². The number of H-pyrrole nitrogens is 1. The first-order chi connectivity index (χ1) is 11.7. The molecule has 1 aromatic carbocycles. The fourth-order valence-electron chi connectivity index (χ4n) is 2.77. The Morgan fingerprint density at radius 2 is 1.88 bits per heavy atom. The quantitative estimate of drug-likeness (QED) is 0.510. The average Bonchev–Trinajstić information content (AvgIpc) is 2.93. The van der Waals surface area contributed by atoms with Crippen LogP contribution in [-0.4, -0.2) is 20.5 Å². The molecule has 0 fully saturated rings. The van der Waals surface area contributed by atoms with Crippen molar-refractivity contribution in [1.29, 1.82) is 0 Å². The summed E-state index contributed by atoms with van der Waals surface area (Å²) in [6.07, 6.45) is 1.38. The first-order valence-electron chi connectivity index (χ1n) is 7.96. The monoisotopic (exact) mass is 343 g/mol. The molecule has 0 bridgehead atoms. The Morgan fingerprint density at radius 1 is 1.24 bits per heavy atom. The zero-order chi connectivity index (χ0) is 18.9. The lowest BCUT2D eigenvalue weighted by Gasteiger charge is -2.12. The number of ketones is 1. The first-order valence-corrected chi connectivity index (χ1v) is 7.96. The van der Waals surface area contributed by atoms with Crippen molar-refractivity contribution in [3.8, 4) is 0 Å². The number of aromatic nitrogens is 2. The predicted molar refractivity (Wildman–Crippen MR) is 95.9 cm³/mol. The summed E-state index contributed by atoms with van der Waals surface area (Å²) in [5.74, 6) is -0.441. The third-order valence-electron chi connectivity index (χ3n) is 4.41. The Hall–Kier alpha value is -2.96. The molecule has 7 heteroatoms. The van der Waals surface area contributed by atoms with E-state index < -0.39 is 16.3 Å². The molecular formula is C18H21N3O4. The van der Waals surface area contributed by atoms with E-state index in [2.05, 4.69) is 5.10 Å². The number of aromatic amines is 1. The van der Waals surface area contributed by atoms with Crippen LogP contribution in [0, 0.1) is 17.0 Å². The van der Waals surface area contributed by atoms with E-state index in [1.807, 2.05) is 13.8 Å². The molecule has 0 amide bonds. The van der Waals surface area contributed by atoms with Gasteiger partial charge in [0.1, 0.15) is 5.56 Å². The Morgan fingerprint density at radius 3 is 2.36 bits per heavy atom. The molecule has 0 radical (unpaired) electrons. The molecule has 2 rings (SSSR count). The molecule has 0 atom stereocenters. The van der Waals surface area contributed by atoms with Crippen molar-refractivity contribution in [1.82, 2.24) is 9.78 Å². The molecule has 7 nitrogen and oxygen atoms in total. The van der Waals surface area contributed by atoms with E-state index >= 15 is 0 Å². The highest BCUT2D eigenvalue weighted by atomic mass is 16.6. The number of carbonyl (C=O) groups is 1. The average molecular weight is 343 g/mol. The van der Waals surface area contributed by atoms with Gasteiger partial charge in [-0.2, -0.15) is 0 Å². The number of nitrogens with zero attached hydrogens (tertiary/aromatic N) is 2. The van der Waals surface area contributed by atoms with E-state index in [0.29, 0.717) is 23.2 Å². The number of nitro benzene ring substituents is 1. The zero-order valence-electron chi connectivity index (χ0n) is 15.0. The van der Waals surface area contributed by atoms with Gasteiger partial charge in [-0.1, -0.05) is 5.57 Å². The molecular weight excluding hydrogens is 322 g/mol. The van der Waals surface area contributed by atoms with Crippen molar-refractivity contribution in [2.24, 2.45) is 0 Å². The second-order valence-corrected chi connectivity index (χ2v) is 6.08. The summed E-state index contributed by atoms with van der Waals surface area (Å²) < 4.78 is 1.33. The van der Waals surface area contributed by atoms with Gasteiger partial charge in [-0.25, -0.2) is 0 Å². The van der Waals surface area contributed by atoms with Gasteiger partial charge >= 0.3 is 0 Å². The van der Waals surface area contributed by atoms with Crippen molar-refractivity contribution in [3.05, 3.63) is 66.6 Å². The maximum atomic E-state index is 12.8. The van der Waals surface area contributed by atoms with E-state index in [4.69, 9.17) is 0 Å². The van der Waals surface area contributed by atoms with Crippen LogP contribution in [0.25, 0.3) is 5.57 Å². The SMILES string of the molecule is CCn1[nH]cc(C(=O)c2ccc([N+](=O)[O-])c(C(C)=C(C)C)c2C)c1=O. The van der Waals surface area contributed by atoms with Crippen molar-refractivity contribution in [2.75, 3.05) is 0 Å². The molecule has 0 aliphatic heterocycles. The van der Waals surface area contributed by atoms with E-state index in [0.717, 1.165) is 11.1 Å². The fourth-order valence-corrected chi connectivity index (χ4v) is 2.77. The van der Waals surface area contributed by atoms with Gasteiger partial charge in [0.15, 0.2) is 5.78 Å². The number of nitro groups is 1. The van der Waals surface area contributed by atoms with E-state index in [1.165, 1.54) is 23.0 Å². The Labute approximate surface area is 145 Å². The minimum Gasteiger partial charge on any atom is -0.302 e. The summed E-state index contributed by atoms with van der Waals surface area (Å²) in [6.45, 7) is 9.40. The number of nitrogens with one attached hydrogen (secondary N) is 1. The normalized spacial score (nSPS) is 10.6. The molecule has 0 unspecified atom stereocenters. The summed E-state index contributed by atoms with van der Waals surface area (Å²) >= 11 is 0. The summed E-state index contributed by atoms with van der Waals surface area (Å²) in [5, 5.41) is 14.1. The Bertz CT molecular complexity index is 944. The summed E-state index contributed by atoms with van der Waals surface area (Å²) in [4.78, 5) is 36.0. The summed E-state index contributed by atoms with van der Waals surface area (Å²) in [6, 6.07) is 2.74. The van der Waals surface area contributed by atoms with Gasteiger partial charge in [-0.15, -0.1) is 0 Å². The lowest BCUT2D eigenvalue weighted by Crippen LogP contribution is -2.21. The predicted octanol–water partition coefficient (Wildman–Crippen LogP) is 3.46. The number of benzene rings is 1. The third kappa shape index (κ3) is 3.17. The largest absolute Gasteiger partial charge is 0.302 e. The zero-order valence-corrected chi connectivity index (χ0v) is 15.0. The fraction of sp³-hybridized carbons (Fsp3) is 0.333. The molecule has 1 heterocycles. The minimum absolute atomic E-state index is 0.0274. The van der Waals surface area contributed by atoms with Crippen LogP contribution in [0.4, 0.5) is 5.69 Å². The lowest BCUT2D eigenvalue weighted by atomic mass is 9.90. The number of hydrogen-bond donors (Lipinski definition) is 1. The lowest BCUT2D eigenvalue weighted by molar-refractivity contribution is -0.385. The van der Waals surface area contributed by atoms with Gasteiger partial charge in [0.2, 0.25) is 0 Å². The molecule has 0 spiro atoms. The van der Waals surface area contributed by atoms with Crippen LogP contribution in [-0.2, 0) is 6.54 Å². The van der Waals surface area contributed by atoms with Crippen molar-refractivity contribution in [2.45, 2.75) is 41.2 Å². The Balaban J connectivity index is 2.72. The standard InChI is InChI=1S/C18H21N3O4/c1-6-20-18(23)14(9-19-20)17(22)13-7-8-15(21(24)25)16(12(13)5)11(4)10(2)3/h7-9,19H,6H2,1-5H3. The number of carbonyl (C=O) groups excluding carboxylic acids is 1. The number of aryl methyl sites for hydroxylation is 1. The molecule has 25 heavy (non-hydrogen) atoms. The van der Waals surface area contributed by atoms with E-state index in [9.17, 15) is 19.7 Å². The van der Waals surface area contributed by atoms with Crippen LogP contribution in [0.15, 0.2) is 28.7 Å². The molecule has 1 aromatic heterocycles. The van der Waals surface area contributed by atoms with Gasteiger partial charge < -0.3 is 5.10 Å². The Kier molecular flexibility index (Phi) is 5.06. The number of rotatable bonds is 5. The third-order valence-corrected chi connectivity index (χ3v) is 4.41. The van der Waals surface area contributed by atoms with Crippen molar-refractivity contribution >= 4 is 17.0 Å². The highest BCUT2D eigenvalue weighted by molar-refractivity contribution is 6.10. The van der Waals surface area contributed by atoms with Crippen molar-refractivity contribution in [3.63, 3.8) is 0 Å². The number of hydrogen-bond acceptors (Lipinski definition) is 4. The molecule has 0 aliphatic rings. The second-order valence-electron chi connectivity index (χ2n) is 6.08. The van der Waals surface area contributed by atoms with Crippen LogP contribution in [0.2, 0.25) is 0 Å². The molecule has 2 aromatic rings. The molecule has 132 valence electrons. The van der Waals surface area contributed by atoms with Crippen LogP contribution in [0.3, 0.4) is 0 Å². The first kappa shape index (κ1) is 18.4. The van der Waals surface area contributed by atoms with E-state index in [1.54, 1.807) is 20.8 Å². The van der Waals surface area contributed by atoms with Crippen LogP contribution in [0.1, 0.15) is 54.7 Å². The molecule has 0 aliphatic carbocycles. The summed E-state index contributed by atoms with van der Waals surface area (Å²) in [7, 11) is 0. The topological polar surface area (TPSA) is 98.0 Å². The minimum atomic E-state index is -0.455. The van der Waals surface area contributed by atoms with Crippen LogP contribution >= 0.6 is 0 Å². The van der Waals surface area contributed by atoms with E-state index in [-0.39, 0.29) is 11.3 Å². The van der Waals surface area contributed by atoms with Gasteiger partial charge in [0.05, 0.1) is 10.5 Å². The molecule has 0 saturated heterocycles. The maximum absolute atomic E-state index is 12.8. The van der Waals surface area contributed by atoms with Gasteiger partial charge in [0, 0.05) is 24.4 Å². The van der Waals surface area contributed by atoms with Crippen LogP contribution < -0.4 is 5.56 Å². The number of allylic oxidation sites excluding steroid dienone is 2. The van der Waals surface area contributed by atoms with Gasteiger partial charge in [-0.3, -0.25) is 24.4 Å².